The molecule has 0 radical (unpaired) electrons. The van der Waals surface area contributed by atoms with Gasteiger partial charge in [-0.05, 0) is 12.1 Å². The van der Waals surface area contributed by atoms with Crippen LogP contribution in [0, 0.1) is 0 Å². The van der Waals surface area contributed by atoms with E-state index in [0.29, 0.717) is 17.4 Å². The molecule has 0 saturated carbocycles. The van der Waals surface area contributed by atoms with Crippen LogP contribution in [-0.2, 0) is 11.3 Å². The summed E-state index contributed by atoms with van der Waals surface area (Å²) in [4.78, 5) is 0. The first-order chi connectivity index (χ1) is 8.25. The van der Waals surface area contributed by atoms with Crippen LogP contribution in [-0.4, -0.2) is 17.0 Å². The number of H-pyrrole nitrogens is 1. The van der Waals surface area contributed by atoms with Gasteiger partial charge in [0.1, 0.15) is 11.6 Å². The highest BCUT2D eigenvalue weighted by Crippen LogP contribution is 2.38. The van der Waals surface area contributed by atoms with Gasteiger partial charge in [0.25, 0.3) is 0 Å². The first-order valence-electron chi connectivity index (χ1n) is 5.09. The maximum atomic E-state index is 6.21. The Morgan fingerprint density at radius 3 is 3.06 bits per heavy atom. The standard InChI is InChI=1S/C11H10ClN3O2/c12-7-1-2-9-6(4-16-5-17-9)11(7)8-3-10(13)15-14-8/h1-3H,4-5H2,(H3,13,14,15). The fraction of sp³-hybridized carbons (Fsp3) is 0.182. The summed E-state index contributed by atoms with van der Waals surface area (Å²) in [5.41, 5.74) is 8.09. The number of ether oxygens (including phenoxy) is 2. The van der Waals surface area contributed by atoms with Gasteiger partial charge in [0.15, 0.2) is 6.79 Å². The zero-order valence-electron chi connectivity index (χ0n) is 8.87. The molecule has 0 aliphatic carbocycles. The van der Waals surface area contributed by atoms with Crippen molar-refractivity contribution in [1.29, 1.82) is 0 Å². The molecule has 0 unspecified atom stereocenters. The van der Waals surface area contributed by atoms with Crippen molar-refractivity contribution in [3.8, 4) is 17.0 Å². The van der Waals surface area contributed by atoms with Crippen molar-refractivity contribution in [3.63, 3.8) is 0 Å². The molecule has 3 N–H and O–H groups in total. The number of halogens is 1. The van der Waals surface area contributed by atoms with E-state index in [1.165, 1.54) is 0 Å². The molecule has 6 heteroatoms. The second kappa shape index (κ2) is 3.94. The van der Waals surface area contributed by atoms with Crippen molar-refractivity contribution in [1.82, 2.24) is 10.2 Å². The number of nitrogens with zero attached hydrogens (tertiary/aromatic N) is 1. The lowest BCUT2D eigenvalue weighted by atomic mass is 10.0. The maximum absolute atomic E-state index is 6.21. The zero-order chi connectivity index (χ0) is 11.8. The van der Waals surface area contributed by atoms with E-state index >= 15 is 0 Å². The van der Waals surface area contributed by atoms with E-state index in [4.69, 9.17) is 26.8 Å². The number of hydrogen-bond acceptors (Lipinski definition) is 4. The van der Waals surface area contributed by atoms with E-state index in [0.717, 1.165) is 22.6 Å². The molecule has 0 amide bonds. The predicted molar refractivity (Wildman–Crippen MR) is 63.7 cm³/mol. The minimum Gasteiger partial charge on any atom is -0.467 e. The molecule has 0 spiro atoms. The van der Waals surface area contributed by atoms with E-state index in [1.807, 2.05) is 6.07 Å². The quantitative estimate of drug-likeness (QED) is 0.815. The van der Waals surface area contributed by atoms with Gasteiger partial charge in [-0.1, -0.05) is 11.6 Å². The maximum Gasteiger partial charge on any atom is 0.189 e. The number of aromatic amines is 1. The number of rotatable bonds is 1. The minimum absolute atomic E-state index is 0.263. The average Bonchev–Trinajstić information content (AvgIpc) is 2.75. The molecule has 0 bridgehead atoms. The van der Waals surface area contributed by atoms with Crippen LogP contribution in [0.5, 0.6) is 5.75 Å². The average molecular weight is 252 g/mol. The third-order valence-corrected chi connectivity index (χ3v) is 2.95. The van der Waals surface area contributed by atoms with Gasteiger partial charge in [-0.3, -0.25) is 5.10 Å². The van der Waals surface area contributed by atoms with Crippen LogP contribution in [0.1, 0.15) is 5.56 Å². The molecule has 1 aromatic carbocycles. The number of aromatic nitrogens is 2. The molecule has 17 heavy (non-hydrogen) atoms. The fourth-order valence-electron chi connectivity index (χ4n) is 1.88. The molecule has 1 aliphatic rings. The van der Waals surface area contributed by atoms with Crippen molar-refractivity contribution >= 4 is 17.4 Å². The largest absolute Gasteiger partial charge is 0.467 e. The molecule has 0 atom stereocenters. The van der Waals surface area contributed by atoms with Gasteiger partial charge >= 0.3 is 0 Å². The molecule has 2 heterocycles. The first kappa shape index (κ1) is 10.4. The van der Waals surface area contributed by atoms with Crippen LogP contribution in [0.25, 0.3) is 11.3 Å². The number of anilines is 1. The predicted octanol–water partition coefficient (Wildman–Crippen LogP) is 2.18. The monoisotopic (exact) mass is 251 g/mol. The van der Waals surface area contributed by atoms with Crippen molar-refractivity contribution in [3.05, 3.63) is 28.8 Å². The van der Waals surface area contributed by atoms with Crippen molar-refractivity contribution in [2.45, 2.75) is 6.61 Å². The molecular formula is C11H10ClN3O2. The number of hydrogen-bond donors (Lipinski definition) is 2. The van der Waals surface area contributed by atoms with Crippen molar-refractivity contribution in [2.75, 3.05) is 12.5 Å². The van der Waals surface area contributed by atoms with Gasteiger partial charge < -0.3 is 15.2 Å². The van der Waals surface area contributed by atoms with Crippen LogP contribution in [0.15, 0.2) is 18.2 Å². The van der Waals surface area contributed by atoms with E-state index in [-0.39, 0.29) is 6.79 Å². The highest BCUT2D eigenvalue weighted by atomic mass is 35.5. The fourth-order valence-corrected chi connectivity index (χ4v) is 2.16. The molecular weight excluding hydrogens is 242 g/mol. The Morgan fingerprint density at radius 1 is 1.41 bits per heavy atom. The number of nitrogens with one attached hydrogen (secondary N) is 1. The summed E-state index contributed by atoms with van der Waals surface area (Å²) < 4.78 is 10.7. The number of nitrogen functional groups attached to an aromatic ring is 1. The minimum atomic E-state index is 0.263. The Hall–Kier alpha value is -1.72. The van der Waals surface area contributed by atoms with E-state index in [1.54, 1.807) is 12.1 Å². The SMILES string of the molecule is Nc1cc(-c2c(Cl)ccc3c2COCO3)[nH]n1. The normalized spacial score (nSPS) is 14.2. The summed E-state index contributed by atoms with van der Waals surface area (Å²) in [5.74, 6) is 1.20. The van der Waals surface area contributed by atoms with Crippen LogP contribution >= 0.6 is 11.6 Å². The topological polar surface area (TPSA) is 73.2 Å². The highest BCUT2D eigenvalue weighted by Gasteiger charge is 2.19. The van der Waals surface area contributed by atoms with E-state index < -0.39 is 0 Å². The van der Waals surface area contributed by atoms with E-state index in [2.05, 4.69) is 10.2 Å². The smallest absolute Gasteiger partial charge is 0.189 e. The Morgan fingerprint density at radius 2 is 2.29 bits per heavy atom. The van der Waals surface area contributed by atoms with Gasteiger partial charge in [-0.25, -0.2) is 0 Å². The summed E-state index contributed by atoms with van der Waals surface area (Å²) in [7, 11) is 0. The summed E-state index contributed by atoms with van der Waals surface area (Å²) in [5, 5.41) is 7.35. The highest BCUT2D eigenvalue weighted by molar-refractivity contribution is 6.33. The summed E-state index contributed by atoms with van der Waals surface area (Å²) in [6.45, 7) is 0.726. The van der Waals surface area contributed by atoms with Crippen molar-refractivity contribution in [2.24, 2.45) is 0 Å². The van der Waals surface area contributed by atoms with E-state index in [9.17, 15) is 0 Å². The van der Waals surface area contributed by atoms with Gasteiger partial charge in [0.05, 0.1) is 17.3 Å². The number of benzene rings is 1. The molecule has 1 aliphatic heterocycles. The van der Waals surface area contributed by atoms with Gasteiger partial charge in [-0.2, -0.15) is 5.10 Å². The summed E-state index contributed by atoms with van der Waals surface area (Å²) in [6.07, 6.45) is 0. The Kier molecular flexibility index (Phi) is 2.42. The van der Waals surface area contributed by atoms with Gasteiger partial charge in [-0.15, -0.1) is 0 Å². The second-order valence-corrected chi connectivity index (χ2v) is 4.12. The molecule has 0 fully saturated rings. The molecule has 2 aromatic rings. The lowest BCUT2D eigenvalue weighted by Crippen LogP contribution is -2.12. The lowest BCUT2D eigenvalue weighted by Gasteiger charge is -2.20. The molecule has 88 valence electrons. The number of fused-ring (bicyclic) bond motifs is 1. The molecule has 5 nitrogen and oxygen atoms in total. The van der Waals surface area contributed by atoms with Crippen LogP contribution in [0.4, 0.5) is 5.82 Å². The molecule has 0 saturated heterocycles. The lowest BCUT2D eigenvalue weighted by molar-refractivity contribution is -0.0160. The second-order valence-electron chi connectivity index (χ2n) is 3.72. The zero-order valence-corrected chi connectivity index (χ0v) is 9.62. The van der Waals surface area contributed by atoms with Crippen molar-refractivity contribution < 1.29 is 9.47 Å². The van der Waals surface area contributed by atoms with Crippen LogP contribution in [0.3, 0.4) is 0 Å². The Labute approximate surface area is 102 Å². The summed E-state index contributed by atoms with van der Waals surface area (Å²) >= 11 is 6.21. The third-order valence-electron chi connectivity index (χ3n) is 2.63. The number of nitrogens with two attached hydrogens (primary N) is 1. The Balaban J connectivity index is 2.20. The summed E-state index contributed by atoms with van der Waals surface area (Å²) in [6, 6.07) is 5.36. The first-order valence-corrected chi connectivity index (χ1v) is 5.46. The Bertz CT molecular complexity index is 568. The van der Waals surface area contributed by atoms with Gasteiger partial charge in [0, 0.05) is 17.2 Å². The third kappa shape index (κ3) is 1.73. The van der Waals surface area contributed by atoms with Crippen LogP contribution < -0.4 is 10.5 Å². The molecule has 1 aromatic heterocycles. The molecule has 3 rings (SSSR count). The van der Waals surface area contributed by atoms with Crippen LogP contribution in [0.2, 0.25) is 5.02 Å². The van der Waals surface area contributed by atoms with Gasteiger partial charge in [0.2, 0.25) is 0 Å².